The first-order chi connectivity index (χ1) is 13.0. The summed E-state index contributed by atoms with van der Waals surface area (Å²) in [6, 6.07) is 21.2. The summed E-state index contributed by atoms with van der Waals surface area (Å²) < 4.78 is 29.5. The number of benzene rings is 2. The average Bonchev–Trinajstić information content (AvgIpc) is 3.08. The molecule has 2 aromatic heterocycles. The molecule has 0 spiro atoms. The average molecular weight is 398 g/mol. The third-order valence-electron chi connectivity index (χ3n) is 4.32. The van der Waals surface area contributed by atoms with E-state index < -0.39 is 10.0 Å². The lowest BCUT2D eigenvalue weighted by Gasteiger charge is -2.20. The number of halogens is 1. The number of fused-ring (bicyclic) bond motifs is 1. The molecular weight excluding hydrogens is 382 g/mol. The van der Waals surface area contributed by atoms with Gasteiger partial charge in [0.15, 0.2) is 5.82 Å². The first-order valence-electron chi connectivity index (χ1n) is 8.25. The van der Waals surface area contributed by atoms with Gasteiger partial charge in [0.1, 0.15) is 11.3 Å². The molecule has 0 unspecified atom stereocenters. The quantitative estimate of drug-likeness (QED) is 0.510. The predicted octanol–water partition coefficient (Wildman–Crippen LogP) is 4.48. The fourth-order valence-electron chi connectivity index (χ4n) is 2.95. The largest absolute Gasteiger partial charge is 0.285 e. The van der Waals surface area contributed by atoms with E-state index in [0.717, 1.165) is 5.56 Å². The summed E-state index contributed by atoms with van der Waals surface area (Å²) in [5.74, 6) is 0.478. The number of nitrogens with zero attached hydrogens (tertiary/aromatic N) is 3. The second-order valence-electron chi connectivity index (χ2n) is 6.01. The number of imidazole rings is 1. The maximum atomic E-state index is 13.2. The fraction of sp³-hybridized carbons (Fsp3) is 0.0500. The molecule has 136 valence electrons. The summed E-state index contributed by atoms with van der Waals surface area (Å²) >= 11 is 5.90. The van der Waals surface area contributed by atoms with Crippen molar-refractivity contribution in [1.29, 1.82) is 0 Å². The Morgan fingerprint density at radius 1 is 0.926 bits per heavy atom. The van der Waals surface area contributed by atoms with Crippen LogP contribution in [0.1, 0.15) is 0 Å². The van der Waals surface area contributed by atoms with Gasteiger partial charge in [0.2, 0.25) is 0 Å². The topological polar surface area (TPSA) is 54.7 Å². The van der Waals surface area contributed by atoms with E-state index in [4.69, 9.17) is 11.6 Å². The summed E-state index contributed by atoms with van der Waals surface area (Å²) in [5.41, 5.74) is 2.11. The Balaban J connectivity index is 1.93. The van der Waals surface area contributed by atoms with Crippen molar-refractivity contribution >= 4 is 33.1 Å². The van der Waals surface area contributed by atoms with Gasteiger partial charge < -0.3 is 0 Å². The van der Waals surface area contributed by atoms with Crippen LogP contribution in [-0.2, 0) is 10.0 Å². The van der Waals surface area contributed by atoms with E-state index in [1.165, 1.54) is 23.5 Å². The Morgan fingerprint density at radius 3 is 2.30 bits per heavy atom. The summed E-state index contributed by atoms with van der Waals surface area (Å²) in [6.45, 7) is 0. The highest BCUT2D eigenvalue weighted by Gasteiger charge is 2.27. The summed E-state index contributed by atoms with van der Waals surface area (Å²) in [5, 5.41) is 0.483. The van der Waals surface area contributed by atoms with Crippen molar-refractivity contribution in [2.75, 3.05) is 11.4 Å². The first-order valence-corrected chi connectivity index (χ1v) is 10.1. The molecule has 0 bridgehead atoms. The lowest BCUT2D eigenvalue weighted by atomic mass is 10.1. The van der Waals surface area contributed by atoms with Crippen LogP contribution in [0.15, 0.2) is 83.9 Å². The van der Waals surface area contributed by atoms with E-state index in [1.54, 1.807) is 22.7 Å². The van der Waals surface area contributed by atoms with Crippen LogP contribution in [-0.4, -0.2) is 24.9 Å². The van der Waals surface area contributed by atoms with Crippen LogP contribution in [0.5, 0.6) is 0 Å². The minimum absolute atomic E-state index is 0.166. The lowest BCUT2D eigenvalue weighted by Crippen LogP contribution is -2.28. The van der Waals surface area contributed by atoms with Crippen molar-refractivity contribution < 1.29 is 8.42 Å². The lowest BCUT2D eigenvalue weighted by molar-refractivity contribution is 0.594. The molecular formula is C20H16ClN3O2S. The fourth-order valence-corrected chi connectivity index (χ4v) is 4.28. The molecule has 5 nitrogen and oxygen atoms in total. The van der Waals surface area contributed by atoms with Crippen molar-refractivity contribution in [2.45, 2.75) is 4.90 Å². The number of rotatable bonds is 4. The van der Waals surface area contributed by atoms with Crippen LogP contribution < -0.4 is 4.31 Å². The Kier molecular flexibility index (Phi) is 4.37. The van der Waals surface area contributed by atoms with Crippen molar-refractivity contribution in [1.82, 2.24) is 9.38 Å². The second-order valence-corrected chi connectivity index (χ2v) is 8.41. The van der Waals surface area contributed by atoms with Crippen molar-refractivity contribution in [3.05, 3.63) is 84.0 Å². The molecule has 2 aromatic carbocycles. The Labute approximate surface area is 162 Å². The number of hydrogen-bond acceptors (Lipinski definition) is 3. The van der Waals surface area contributed by atoms with Gasteiger partial charge in [-0.15, -0.1) is 0 Å². The molecule has 0 saturated heterocycles. The van der Waals surface area contributed by atoms with E-state index in [1.807, 2.05) is 48.5 Å². The standard InChI is InChI=1S/C20H16ClN3O2S/c1-23(27(25,26)17-12-10-16(21)11-13-17)20-19(15-7-3-2-4-8-15)22-18-9-5-6-14-24(18)20/h2-14H,1H3. The highest BCUT2D eigenvalue weighted by Crippen LogP contribution is 2.33. The van der Waals surface area contributed by atoms with Gasteiger partial charge in [0, 0.05) is 23.8 Å². The van der Waals surface area contributed by atoms with Crippen LogP contribution in [0, 0.1) is 0 Å². The zero-order valence-electron chi connectivity index (χ0n) is 14.4. The van der Waals surface area contributed by atoms with Gasteiger partial charge in [-0.1, -0.05) is 48.0 Å². The molecule has 7 heteroatoms. The third kappa shape index (κ3) is 3.07. The maximum Gasteiger partial charge on any atom is 0.265 e. The van der Waals surface area contributed by atoms with E-state index in [-0.39, 0.29) is 4.90 Å². The molecule has 0 N–H and O–H groups in total. The van der Waals surface area contributed by atoms with Crippen molar-refractivity contribution in [3.63, 3.8) is 0 Å². The smallest absolute Gasteiger partial charge is 0.265 e. The Morgan fingerprint density at radius 2 is 1.59 bits per heavy atom. The summed E-state index contributed by atoms with van der Waals surface area (Å²) in [4.78, 5) is 4.83. The Bertz CT molecular complexity index is 1200. The van der Waals surface area contributed by atoms with E-state index in [2.05, 4.69) is 4.98 Å². The summed E-state index contributed by atoms with van der Waals surface area (Å²) in [7, 11) is -2.25. The zero-order chi connectivity index (χ0) is 19.0. The van der Waals surface area contributed by atoms with Gasteiger partial charge in [-0.05, 0) is 36.4 Å². The predicted molar refractivity (Wildman–Crippen MR) is 108 cm³/mol. The zero-order valence-corrected chi connectivity index (χ0v) is 16.0. The molecule has 2 heterocycles. The minimum atomic E-state index is -3.79. The van der Waals surface area contributed by atoms with Gasteiger partial charge in [-0.3, -0.25) is 8.71 Å². The molecule has 4 rings (SSSR count). The van der Waals surface area contributed by atoms with Gasteiger partial charge in [-0.2, -0.15) is 0 Å². The van der Waals surface area contributed by atoms with Crippen LogP contribution in [0.2, 0.25) is 5.02 Å². The van der Waals surface area contributed by atoms with E-state index in [9.17, 15) is 8.42 Å². The van der Waals surface area contributed by atoms with Gasteiger partial charge in [-0.25, -0.2) is 13.4 Å². The number of anilines is 1. The van der Waals surface area contributed by atoms with Gasteiger partial charge >= 0.3 is 0 Å². The highest BCUT2D eigenvalue weighted by atomic mass is 35.5. The molecule has 0 radical (unpaired) electrons. The van der Waals surface area contributed by atoms with Gasteiger partial charge in [0.05, 0.1) is 4.90 Å². The molecule has 0 aliphatic rings. The molecule has 0 saturated carbocycles. The molecule has 0 fully saturated rings. The van der Waals surface area contributed by atoms with Gasteiger partial charge in [0.25, 0.3) is 10.0 Å². The second kappa shape index (κ2) is 6.72. The van der Waals surface area contributed by atoms with Crippen molar-refractivity contribution in [2.24, 2.45) is 0 Å². The maximum absolute atomic E-state index is 13.2. The minimum Gasteiger partial charge on any atom is -0.285 e. The Hall–Kier alpha value is -2.83. The van der Waals surface area contributed by atoms with Crippen molar-refractivity contribution in [3.8, 4) is 11.3 Å². The SMILES string of the molecule is CN(c1c(-c2ccccc2)nc2ccccn12)S(=O)(=O)c1ccc(Cl)cc1. The summed E-state index contributed by atoms with van der Waals surface area (Å²) in [6.07, 6.45) is 1.80. The first kappa shape index (κ1) is 17.6. The molecule has 4 aromatic rings. The van der Waals surface area contributed by atoms with E-state index in [0.29, 0.717) is 22.2 Å². The molecule has 0 aliphatic heterocycles. The van der Waals surface area contributed by atoms with Crippen LogP contribution in [0.4, 0.5) is 5.82 Å². The molecule has 0 atom stereocenters. The number of sulfonamides is 1. The molecule has 27 heavy (non-hydrogen) atoms. The number of hydrogen-bond donors (Lipinski definition) is 0. The number of aromatic nitrogens is 2. The highest BCUT2D eigenvalue weighted by molar-refractivity contribution is 7.92. The monoisotopic (exact) mass is 397 g/mol. The molecule has 0 amide bonds. The number of pyridine rings is 1. The van der Waals surface area contributed by atoms with E-state index >= 15 is 0 Å². The third-order valence-corrected chi connectivity index (χ3v) is 6.34. The van der Waals surface area contributed by atoms with Crippen LogP contribution >= 0.6 is 11.6 Å². The molecule has 0 aliphatic carbocycles. The van der Waals surface area contributed by atoms with Crippen LogP contribution in [0.25, 0.3) is 16.9 Å². The van der Waals surface area contributed by atoms with Crippen LogP contribution in [0.3, 0.4) is 0 Å². The normalized spacial score (nSPS) is 11.6.